The average molecular weight is 390 g/mol. The number of anilines is 1. The quantitative estimate of drug-likeness (QED) is 0.755. The lowest BCUT2D eigenvalue weighted by molar-refractivity contribution is 0.285. The minimum absolute atomic E-state index is 0.0633. The van der Waals surface area contributed by atoms with Crippen LogP contribution in [0.5, 0.6) is 0 Å². The molecule has 2 aromatic rings. The number of nitrogens with zero attached hydrogens (tertiary/aromatic N) is 5. The maximum atomic E-state index is 12.0. The Balaban J connectivity index is 1.80. The molecule has 2 aromatic heterocycles. The van der Waals surface area contributed by atoms with Gasteiger partial charge in [-0.05, 0) is 31.4 Å². The van der Waals surface area contributed by atoms with Crippen molar-refractivity contribution in [3.63, 3.8) is 0 Å². The topological polar surface area (TPSA) is 79.3 Å². The first-order chi connectivity index (χ1) is 12.9. The summed E-state index contributed by atoms with van der Waals surface area (Å²) < 4.78 is 25.6. The standard InChI is InChI=1S/C19H27N5O2S/c1-4-16-14-18(22-19(21-16)15-6-10-20-11-7-15)23-12-8-17(9-13-23)24(5-2)27(3,25)26/h6-7,10-11,14,17H,4-5,8-9,12-13H2,1-3H3. The number of aryl methyl sites for hydroxylation is 1. The van der Waals surface area contributed by atoms with Gasteiger partial charge in [-0.25, -0.2) is 18.4 Å². The van der Waals surface area contributed by atoms with Gasteiger partial charge in [-0.15, -0.1) is 0 Å². The highest BCUT2D eigenvalue weighted by Gasteiger charge is 2.29. The van der Waals surface area contributed by atoms with E-state index >= 15 is 0 Å². The fraction of sp³-hybridized carbons (Fsp3) is 0.526. The second-order valence-corrected chi connectivity index (χ2v) is 8.75. The van der Waals surface area contributed by atoms with Crippen molar-refractivity contribution in [2.24, 2.45) is 0 Å². The Kier molecular flexibility index (Phi) is 6.06. The Morgan fingerprint density at radius 3 is 2.37 bits per heavy atom. The predicted octanol–water partition coefficient (Wildman–Crippen LogP) is 2.35. The summed E-state index contributed by atoms with van der Waals surface area (Å²) in [5.41, 5.74) is 1.95. The van der Waals surface area contributed by atoms with E-state index in [1.807, 2.05) is 25.1 Å². The summed E-state index contributed by atoms with van der Waals surface area (Å²) in [4.78, 5) is 15.7. The van der Waals surface area contributed by atoms with Crippen LogP contribution in [-0.2, 0) is 16.4 Å². The Bertz CT molecular complexity index is 865. The first-order valence-electron chi connectivity index (χ1n) is 9.42. The molecule has 146 valence electrons. The second kappa shape index (κ2) is 8.31. The van der Waals surface area contributed by atoms with Crippen LogP contribution in [0, 0.1) is 0 Å². The second-order valence-electron chi connectivity index (χ2n) is 6.82. The molecule has 0 N–H and O–H groups in total. The van der Waals surface area contributed by atoms with Gasteiger partial charge in [0.05, 0.1) is 6.26 Å². The molecule has 27 heavy (non-hydrogen) atoms. The van der Waals surface area contributed by atoms with Gasteiger partial charge >= 0.3 is 0 Å². The van der Waals surface area contributed by atoms with Crippen LogP contribution in [0.1, 0.15) is 32.4 Å². The van der Waals surface area contributed by atoms with E-state index in [2.05, 4.69) is 21.8 Å². The molecule has 1 fully saturated rings. The van der Waals surface area contributed by atoms with Crippen molar-refractivity contribution in [1.29, 1.82) is 0 Å². The van der Waals surface area contributed by atoms with Crippen molar-refractivity contribution >= 4 is 15.8 Å². The highest BCUT2D eigenvalue weighted by molar-refractivity contribution is 7.88. The number of piperidine rings is 1. The Morgan fingerprint density at radius 1 is 1.15 bits per heavy atom. The van der Waals surface area contributed by atoms with E-state index in [1.165, 1.54) is 6.26 Å². The van der Waals surface area contributed by atoms with Gasteiger partial charge in [0.2, 0.25) is 10.0 Å². The zero-order chi connectivity index (χ0) is 19.4. The lowest BCUT2D eigenvalue weighted by Gasteiger charge is -2.37. The summed E-state index contributed by atoms with van der Waals surface area (Å²) in [7, 11) is -3.17. The van der Waals surface area contributed by atoms with E-state index in [9.17, 15) is 8.42 Å². The average Bonchev–Trinajstić information content (AvgIpc) is 2.68. The monoisotopic (exact) mass is 389 g/mol. The first kappa shape index (κ1) is 19.7. The minimum Gasteiger partial charge on any atom is -0.356 e. The van der Waals surface area contributed by atoms with Gasteiger partial charge in [0, 0.05) is 55.4 Å². The lowest BCUT2D eigenvalue weighted by atomic mass is 10.0. The van der Waals surface area contributed by atoms with Crippen LogP contribution in [-0.4, -0.2) is 59.6 Å². The normalized spacial score (nSPS) is 16.1. The van der Waals surface area contributed by atoms with Crippen LogP contribution >= 0.6 is 0 Å². The van der Waals surface area contributed by atoms with Crippen LogP contribution in [0.15, 0.2) is 30.6 Å². The summed E-state index contributed by atoms with van der Waals surface area (Å²) in [6, 6.07) is 5.93. The zero-order valence-corrected chi connectivity index (χ0v) is 17.0. The predicted molar refractivity (Wildman–Crippen MR) is 107 cm³/mol. The maximum absolute atomic E-state index is 12.0. The SMILES string of the molecule is CCc1cc(N2CCC(N(CC)S(C)(=O)=O)CC2)nc(-c2ccncc2)n1. The number of sulfonamides is 1. The molecule has 3 rings (SSSR count). The van der Waals surface area contributed by atoms with Gasteiger partial charge in [0.15, 0.2) is 5.82 Å². The Morgan fingerprint density at radius 2 is 1.81 bits per heavy atom. The third-order valence-electron chi connectivity index (χ3n) is 5.00. The molecule has 0 radical (unpaired) electrons. The lowest BCUT2D eigenvalue weighted by Crippen LogP contribution is -2.47. The molecule has 1 aliphatic rings. The molecule has 0 aromatic carbocycles. The summed E-state index contributed by atoms with van der Waals surface area (Å²) in [6.45, 7) is 6.06. The molecule has 0 unspecified atom stereocenters. The molecule has 7 nitrogen and oxygen atoms in total. The summed E-state index contributed by atoms with van der Waals surface area (Å²) >= 11 is 0. The van der Waals surface area contributed by atoms with Gasteiger partial charge in [-0.3, -0.25) is 4.98 Å². The van der Waals surface area contributed by atoms with Gasteiger partial charge in [-0.1, -0.05) is 13.8 Å². The molecule has 3 heterocycles. The van der Waals surface area contributed by atoms with Crippen LogP contribution in [0.25, 0.3) is 11.4 Å². The Labute approximate surface area is 161 Å². The fourth-order valence-electron chi connectivity index (χ4n) is 3.60. The number of hydrogen-bond donors (Lipinski definition) is 0. The van der Waals surface area contributed by atoms with E-state index in [-0.39, 0.29) is 6.04 Å². The molecule has 0 atom stereocenters. The van der Waals surface area contributed by atoms with Crippen LogP contribution in [0.4, 0.5) is 5.82 Å². The number of aromatic nitrogens is 3. The molecule has 0 amide bonds. The van der Waals surface area contributed by atoms with Gasteiger partial charge < -0.3 is 4.90 Å². The van der Waals surface area contributed by atoms with Gasteiger partial charge in [0.25, 0.3) is 0 Å². The highest BCUT2D eigenvalue weighted by Crippen LogP contribution is 2.25. The molecular weight excluding hydrogens is 362 g/mol. The molecule has 8 heteroatoms. The smallest absolute Gasteiger partial charge is 0.211 e. The maximum Gasteiger partial charge on any atom is 0.211 e. The van der Waals surface area contributed by atoms with Crippen molar-refractivity contribution in [2.75, 3.05) is 30.8 Å². The van der Waals surface area contributed by atoms with Crippen molar-refractivity contribution in [3.8, 4) is 11.4 Å². The van der Waals surface area contributed by atoms with Crippen molar-refractivity contribution < 1.29 is 8.42 Å². The number of hydrogen-bond acceptors (Lipinski definition) is 6. The largest absolute Gasteiger partial charge is 0.356 e. The molecule has 0 aliphatic carbocycles. The molecule has 1 saturated heterocycles. The summed E-state index contributed by atoms with van der Waals surface area (Å²) in [6.07, 6.45) is 7.22. The molecule has 1 aliphatic heterocycles. The van der Waals surface area contributed by atoms with Gasteiger partial charge in [0.1, 0.15) is 5.82 Å². The minimum atomic E-state index is -3.17. The summed E-state index contributed by atoms with van der Waals surface area (Å²) in [5, 5.41) is 0. The molecule has 0 spiro atoms. The molecular formula is C19H27N5O2S. The van der Waals surface area contributed by atoms with Crippen LogP contribution in [0.2, 0.25) is 0 Å². The Hall–Kier alpha value is -2.06. The number of pyridine rings is 1. The fourth-order valence-corrected chi connectivity index (χ4v) is 4.82. The van der Waals surface area contributed by atoms with E-state index < -0.39 is 10.0 Å². The van der Waals surface area contributed by atoms with E-state index in [0.29, 0.717) is 12.4 Å². The van der Waals surface area contributed by atoms with E-state index in [4.69, 9.17) is 4.98 Å². The van der Waals surface area contributed by atoms with E-state index in [1.54, 1.807) is 16.7 Å². The third kappa shape index (κ3) is 4.62. The third-order valence-corrected chi connectivity index (χ3v) is 6.41. The van der Waals surface area contributed by atoms with Crippen LogP contribution in [0.3, 0.4) is 0 Å². The van der Waals surface area contributed by atoms with Crippen molar-refractivity contribution in [3.05, 3.63) is 36.3 Å². The van der Waals surface area contributed by atoms with Gasteiger partial charge in [-0.2, -0.15) is 4.31 Å². The number of rotatable bonds is 6. The first-order valence-corrected chi connectivity index (χ1v) is 11.3. The van der Waals surface area contributed by atoms with Crippen LogP contribution < -0.4 is 4.90 Å². The highest BCUT2D eigenvalue weighted by atomic mass is 32.2. The summed E-state index contributed by atoms with van der Waals surface area (Å²) in [5.74, 6) is 1.62. The molecule has 0 saturated carbocycles. The molecule has 0 bridgehead atoms. The van der Waals surface area contributed by atoms with Crippen molar-refractivity contribution in [2.45, 2.75) is 39.2 Å². The van der Waals surface area contributed by atoms with Crippen molar-refractivity contribution in [1.82, 2.24) is 19.3 Å². The zero-order valence-electron chi connectivity index (χ0n) is 16.2. The van der Waals surface area contributed by atoms with E-state index in [0.717, 1.165) is 49.4 Å².